The number of halogens is 1. The van der Waals surface area contributed by atoms with E-state index in [9.17, 15) is 19.5 Å². The lowest BCUT2D eigenvalue weighted by Gasteiger charge is -2.51. The topological polar surface area (TPSA) is 186 Å². The van der Waals surface area contributed by atoms with Gasteiger partial charge in [-0.25, -0.2) is 9.78 Å². The van der Waals surface area contributed by atoms with Crippen LogP contribution in [0.2, 0.25) is 0 Å². The summed E-state index contributed by atoms with van der Waals surface area (Å²) in [5.74, 6) is -2.08. The summed E-state index contributed by atoms with van der Waals surface area (Å²) in [4.78, 5) is 47.4. The highest BCUT2D eigenvalue weighted by Gasteiger charge is 2.57. The van der Waals surface area contributed by atoms with Crippen molar-refractivity contribution >= 4 is 91.3 Å². The van der Waals surface area contributed by atoms with Gasteiger partial charge in [0.2, 0.25) is 5.91 Å². The number of aromatic nitrogens is 3. The number of amides is 2. The number of β-lactam (4-membered cyclic amide) rings is 1. The third-order valence-corrected chi connectivity index (χ3v) is 10.1. The number of rotatable bonds is 9. The smallest absolute Gasteiger partial charge is 0.352 e. The molecule has 0 aliphatic carbocycles. The maximum Gasteiger partial charge on any atom is 0.352 e. The maximum atomic E-state index is 12.9. The number of thiophene rings is 1. The molecular weight excluding hydrogens is 642 g/mol. The molecule has 13 nitrogen and oxygen atoms in total. The van der Waals surface area contributed by atoms with Crippen LogP contribution in [0.4, 0.5) is 5.13 Å². The molecule has 1 unspecified atom stereocenters. The summed E-state index contributed by atoms with van der Waals surface area (Å²) in [6.07, 6.45) is 1.01. The van der Waals surface area contributed by atoms with E-state index in [0.29, 0.717) is 11.6 Å². The molecule has 0 radical (unpaired) electrons. The van der Waals surface area contributed by atoms with Gasteiger partial charge in [0, 0.05) is 16.7 Å². The van der Waals surface area contributed by atoms with Crippen LogP contribution in [0.1, 0.15) is 12.1 Å². The molecule has 0 spiro atoms. The molecule has 5 heterocycles. The predicted octanol–water partition coefficient (Wildman–Crippen LogP) is 2.94. The average Bonchev–Trinajstić information content (AvgIpc) is 3.62. The first-order chi connectivity index (χ1) is 18.2. The number of thioether (sulfide) groups is 2. The minimum absolute atomic E-state index is 0.0416. The molecule has 2 aliphatic heterocycles. The number of nitrogens with one attached hydrogen (secondary N) is 1. The molecule has 3 aromatic rings. The van der Waals surface area contributed by atoms with E-state index in [0.717, 1.165) is 38.0 Å². The number of hydrogen-bond acceptors (Lipinski definition) is 14. The second-order valence-electron chi connectivity index (χ2n) is 7.60. The van der Waals surface area contributed by atoms with Crippen LogP contribution in [0.25, 0.3) is 10.8 Å². The Labute approximate surface area is 239 Å². The number of aliphatic carboxylic acids is 1. The fraction of sp³-hybridized carbons (Fsp3) is 0.250. The molecule has 0 bridgehead atoms. The maximum absolute atomic E-state index is 12.9. The summed E-state index contributed by atoms with van der Waals surface area (Å²) >= 11 is 8.19. The van der Waals surface area contributed by atoms with Crippen LogP contribution in [-0.2, 0) is 24.1 Å². The van der Waals surface area contributed by atoms with Crippen LogP contribution in [0.5, 0.6) is 0 Å². The first kappa shape index (κ1) is 26.7. The molecular formula is C20H16BrN7O6S4. The van der Waals surface area contributed by atoms with Gasteiger partial charge < -0.3 is 25.4 Å². The summed E-state index contributed by atoms with van der Waals surface area (Å²) in [7, 11) is 1.28. The highest BCUT2D eigenvalue weighted by atomic mass is 79.9. The van der Waals surface area contributed by atoms with Crippen molar-refractivity contribution in [2.75, 3.05) is 18.6 Å². The van der Waals surface area contributed by atoms with Gasteiger partial charge >= 0.3 is 5.97 Å². The number of anilines is 1. The van der Waals surface area contributed by atoms with Gasteiger partial charge in [0.25, 0.3) is 17.0 Å². The molecule has 5 rings (SSSR count). The molecule has 0 aromatic carbocycles. The number of oxime groups is 1. The SMILES string of the molecule is CON=CC(=O)NC1(c2csc(N)n2)S[C@H]2CC(=O)N2C(C(=O)O)=C1CSc1nnc(-c2ccc(Br)s2)o1. The Kier molecular flexibility index (Phi) is 7.49. The molecule has 3 aromatic heterocycles. The van der Waals surface area contributed by atoms with E-state index in [4.69, 9.17) is 10.2 Å². The van der Waals surface area contributed by atoms with Gasteiger partial charge in [-0.05, 0) is 28.1 Å². The molecule has 38 heavy (non-hydrogen) atoms. The Hall–Kier alpha value is -2.93. The standard InChI is InChI=1S/C20H16BrN7O6S4/c1-33-23-5-12(29)25-20(10-7-35-18(22)24-10)8(15(17(31)32)28-13(30)4-14(28)38-20)6-36-19-27-26-16(34-19)9-2-3-11(21)37-9/h2-3,5,7,14H,4,6H2,1H3,(H2,22,24)(H,25,29)(H,31,32)/t14-,20?/m0/s1. The third kappa shape index (κ3) is 4.93. The molecule has 2 aliphatic rings. The van der Waals surface area contributed by atoms with Crippen molar-refractivity contribution < 1.29 is 28.7 Å². The Morgan fingerprint density at radius 2 is 2.29 bits per heavy atom. The summed E-state index contributed by atoms with van der Waals surface area (Å²) in [6, 6.07) is 3.67. The van der Waals surface area contributed by atoms with E-state index in [2.05, 4.69) is 46.4 Å². The zero-order valence-corrected chi connectivity index (χ0v) is 24.0. The minimum atomic E-state index is -1.49. The second kappa shape index (κ2) is 10.7. The number of fused-ring (bicyclic) bond motifs is 1. The van der Waals surface area contributed by atoms with Crippen molar-refractivity contribution in [1.29, 1.82) is 0 Å². The lowest BCUT2D eigenvalue weighted by molar-refractivity contribution is -0.146. The van der Waals surface area contributed by atoms with Crippen molar-refractivity contribution in [3.63, 3.8) is 0 Å². The zero-order valence-electron chi connectivity index (χ0n) is 19.1. The van der Waals surface area contributed by atoms with Crippen LogP contribution in [0.3, 0.4) is 0 Å². The van der Waals surface area contributed by atoms with Crippen molar-refractivity contribution in [2.45, 2.75) is 21.9 Å². The molecule has 1 fully saturated rings. The summed E-state index contributed by atoms with van der Waals surface area (Å²) in [5, 5.41) is 26.2. The summed E-state index contributed by atoms with van der Waals surface area (Å²) in [5.41, 5.74) is 6.16. The van der Waals surface area contributed by atoms with Gasteiger partial charge in [-0.15, -0.1) is 32.9 Å². The predicted molar refractivity (Wildman–Crippen MR) is 145 cm³/mol. The Morgan fingerprint density at radius 3 is 2.92 bits per heavy atom. The van der Waals surface area contributed by atoms with E-state index >= 15 is 0 Å². The van der Waals surface area contributed by atoms with E-state index in [-0.39, 0.29) is 39.7 Å². The van der Waals surface area contributed by atoms with Gasteiger partial charge in [-0.2, -0.15) is 0 Å². The fourth-order valence-electron chi connectivity index (χ4n) is 3.81. The van der Waals surface area contributed by atoms with Crippen LogP contribution in [-0.4, -0.2) is 67.4 Å². The van der Waals surface area contributed by atoms with Gasteiger partial charge in [-0.1, -0.05) is 28.7 Å². The number of nitrogens with two attached hydrogens (primary N) is 1. The minimum Gasteiger partial charge on any atom is -0.477 e. The first-order valence-electron chi connectivity index (χ1n) is 10.5. The number of hydrogen-bond donors (Lipinski definition) is 3. The van der Waals surface area contributed by atoms with E-state index < -0.39 is 22.1 Å². The van der Waals surface area contributed by atoms with Crippen LogP contribution in [0, 0.1) is 0 Å². The second-order valence-corrected chi connectivity index (χ2v) is 13.3. The summed E-state index contributed by atoms with van der Waals surface area (Å²) < 4.78 is 6.67. The highest BCUT2D eigenvalue weighted by molar-refractivity contribution is 9.11. The molecule has 1 saturated heterocycles. The number of thiazole rings is 1. The van der Waals surface area contributed by atoms with E-state index in [1.54, 1.807) is 5.38 Å². The number of nitrogens with zero attached hydrogens (tertiary/aromatic N) is 5. The first-order valence-corrected chi connectivity index (χ1v) is 14.9. The monoisotopic (exact) mass is 657 g/mol. The van der Waals surface area contributed by atoms with Gasteiger partial charge in [0.05, 0.1) is 26.2 Å². The van der Waals surface area contributed by atoms with Crippen molar-refractivity contribution in [2.24, 2.45) is 5.16 Å². The lowest BCUT2D eigenvalue weighted by Crippen LogP contribution is -2.61. The summed E-state index contributed by atoms with van der Waals surface area (Å²) in [6.45, 7) is 0. The quantitative estimate of drug-likeness (QED) is 0.132. The molecule has 4 N–H and O–H groups in total. The largest absolute Gasteiger partial charge is 0.477 e. The number of carboxylic acids is 1. The number of carboxylic acid groups (broad SMARTS) is 1. The van der Waals surface area contributed by atoms with Crippen LogP contribution < -0.4 is 11.1 Å². The molecule has 18 heteroatoms. The van der Waals surface area contributed by atoms with E-state index in [1.165, 1.54) is 35.1 Å². The molecule has 198 valence electrons. The van der Waals surface area contributed by atoms with Gasteiger partial charge in [0.1, 0.15) is 19.0 Å². The zero-order chi connectivity index (χ0) is 27.0. The Morgan fingerprint density at radius 1 is 1.47 bits per heavy atom. The number of nitrogen functional groups attached to an aromatic ring is 1. The van der Waals surface area contributed by atoms with E-state index in [1.807, 2.05) is 12.1 Å². The van der Waals surface area contributed by atoms with Crippen molar-refractivity contribution in [1.82, 2.24) is 25.4 Å². The van der Waals surface area contributed by atoms with Crippen LogP contribution in [0.15, 0.2) is 47.4 Å². The third-order valence-electron chi connectivity index (χ3n) is 5.36. The molecule has 2 amide bonds. The van der Waals surface area contributed by atoms with Gasteiger partial charge in [-0.3, -0.25) is 14.5 Å². The van der Waals surface area contributed by atoms with Crippen LogP contribution >= 0.6 is 62.1 Å². The highest BCUT2D eigenvalue weighted by Crippen LogP contribution is 2.55. The Balaban J connectivity index is 1.58. The average molecular weight is 659 g/mol. The van der Waals surface area contributed by atoms with Gasteiger partial charge in [0.15, 0.2) is 10.0 Å². The lowest BCUT2D eigenvalue weighted by atomic mass is 9.98. The number of carbonyl (C=O) groups excluding carboxylic acids is 2. The molecule has 0 saturated carbocycles. The normalized spacial score (nSPS) is 20.9. The Bertz CT molecular complexity index is 1490. The van der Waals surface area contributed by atoms with Crippen molar-refractivity contribution in [3.05, 3.63) is 38.3 Å². The van der Waals surface area contributed by atoms with Crippen molar-refractivity contribution in [3.8, 4) is 10.8 Å². The molecule has 2 atom stereocenters. The number of carbonyl (C=O) groups is 3. The fourth-order valence-corrected chi connectivity index (χ4v) is 8.41.